The molecule has 2 aromatic carbocycles. The van der Waals surface area contributed by atoms with Gasteiger partial charge in [-0.1, -0.05) is 43.3 Å². The van der Waals surface area contributed by atoms with Crippen molar-refractivity contribution in [2.45, 2.75) is 19.9 Å². The smallest absolute Gasteiger partial charge is 0.215 e. The van der Waals surface area contributed by atoms with Crippen molar-refractivity contribution in [3.8, 4) is 11.3 Å². The first-order valence-corrected chi connectivity index (χ1v) is 9.28. The third-order valence-electron chi connectivity index (χ3n) is 5.11. The summed E-state index contributed by atoms with van der Waals surface area (Å²) in [4.78, 5) is 9.04. The lowest BCUT2D eigenvalue weighted by atomic mass is 10.1. The van der Waals surface area contributed by atoms with Crippen LogP contribution in [0.4, 0.5) is 0 Å². The number of benzene rings is 2. The van der Waals surface area contributed by atoms with Crippen LogP contribution in [0.15, 0.2) is 79.3 Å². The van der Waals surface area contributed by atoms with E-state index in [0.717, 1.165) is 29.8 Å². The Hall–Kier alpha value is -3.40. The molecule has 3 aromatic heterocycles. The van der Waals surface area contributed by atoms with Crippen LogP contribution in [0.25, 0.3) is 28.1 Å². The van der Waals surface area contributed by atoms with Gasteiger partial charge in [-0.2, -0.15) is 0 Å². The zero-order chi connectivity index (χ0) is 18.2. The first-order valence-electron chi connectivity index (χ1n) is 9.28. The molecule has 0 aliphatic heterocycles. The van der Waals surface area contributed by atoms with Crippen LogP contribution >= 0.6 is 0 Å². The van der Waals surface area contributed by atoms with Gasteiger partial charge in [0.2, 0.25) is 5.78 Å². The second-order valence-electron chi connectivity index (χ2n) is 6.78. The molecule has 0 bridgehead atoms. The van der Waals surface area contributed by atoms with E-state index in [1.165, 1.54) is 22.4 Å². The Kier molecular flexibility index (Phi) is 3.75. The van der Waals surface area contributed by atoms with Gasteiger partial charge in [0.05, 0.1) is 23.3 Å². The van der Waals surface area contributed by atoms with E-state index in [-0.39, 0.29) is 0 Å². The van der Waals surface area contributed by atoms with Gasteiger partial charge >= 0.3 is 0 Å². The van der Waals surface area contributed by atoms with Gasteiger partial charge in [-0.05, 0) is 47.4 Å². The van der Waals surface area contributed by atoms with Gasteiger partial charge in [-0.3, -0.25) is 9.38 Å². The zero-order valence-electron chi connectivity index (χ0n) is 15.2. The van der Waals surface area contributed by atoms with Crippen molar-refractivity contribution in [1.82, 2.24) is 18.9 Å². The number of fused-ring (bicyclic) bond motifs is 3. The molecule has 5 rings (SSSR count). The Morgan fingerprint density at radius 2 is 1.63 bits per heavy atom. The fourth-order valence-corrected chi connectivity index (χ4v) is 3.62. The van der Waals surface area contributed by atoms with Gasteiger partial charge in [-0.15, -0.1) is 0 Å². The van der Waals surface area contributed by atoms with Crippen LogP contribution in [-0.2, 0) is 13.0 Å². The van der Waals surface area contributed by atoms with Gasteiger partial charge in [0.25, 0.3) is 0 Å². The number of para-hydroxylation sites is 2. The predicted octanol–water partition coefficient (Wildman–Crippen LogP) is 4.96. The van der Waals surface area contributed by atoms with E-state index in [1.807, 2.05) is 18.5 Å². The number of aromatic nitrogens is 4. The topological polar surface area (TPSA) is 35.1 Å². The van der Waals surface area contributed by atoms with E-state index in [4.69, 9.17) is 4.98 Å². The molecule has 0 saturated carbocycles. The fourth-order valence-electron chi connectivity index (χ4n) is 3.62. The van der Waals surface area contributed by atoms with Crippen LogP contribution in [0.1, 0.15) is 18.1 Å². The molecule has 4 heteroatoms. The highest BCUT2D eigenvalue weighted by atomic mass is 15.2. The van der Waals surface area contributed by atoms with Crippen LogP contribution in [0.3, 0.4) is 0 Å². The summed E-state index contributed by atoms with van der Waals surface area (Å²) in [6, 6.07) is 21.2. The number of nitrogens with zero attached hydrogens (tertiary/aromatic N) is 4. The van der Waals surface area contributed by atoms with E-state index < -0.39 is 0 Å². The highest BCUT2D eigenvalue weighted by Gasteiger charge is 2.15. The number of pyridine rings is 1. The molecule has 0 amide bonds. The van der Waals surface area contributed by atoms with Crippen LogP contribution in [0.2, 0.25) is 0 Å². The predicted molar refractivity (Wildman–Crippen MR) is 109 cm³/mol. The summed E-state index contributed by atoms with van der Waals surface area (Å²) < 4.78 is 4.48. The maximum atomic E-state index is 4.90. The lowest BCUT2D eigenvalue weighted by Crippen LogP contribution is -2.02. The lowest BCUT2D eigenvalue weighted by Gasteiger charge is -2.09. The molecule has 0 saturated heterocycles. The molecule has 0 fully saturated rings. The van der Waals surface area contributed by atoms with Crippen molar-refractivity contribution in [1.29, 1.82) is 0 Å². The van der Waals surface area contributed by atoms with Crippen molar-refractivity contribution < 1.29 is 0 Å². The Balaban J connectivity index is 1.73. The Morgan fingerprint density at radius 3 is 2.41 bits per heavy atom. The number of rotatable bonds is 4. The summed E-state index contributed by atoms with van der Waals surface area (Å²) in [6.45, 7) is 2.94. The number of imidazole rings is 2. The maximum absolute atomic E-state index is 4.90. The van der Waals surface area contributed by atoms with Crippen LogP contribution in [-0.4, -0.2) is 18.9 Å². The molecule has 4 nitrogen and oxygen atoms in total. The highest BCUT2D eigenvalue weighted by Crippen LogP contribution is 2.27. The summed E-state index contributed by atoms with van der Waals surface area (Å²) in [7, 11) is 0. The van der Waals surface area contributed by atoms with Gasteiger partial charge in [0, 0.05) is 18.6 Å². The first-order chi connectivity index (χ1) is 13.3. The zero-order valence-corrected chi connectivity index (χ0v) is 15.2. The third kappa shape index (κ3) is 2.70. The summed E-state index contributed by atoms with van der Waals surface area (Å²) in [5.41, 5.74) is 7.08. The third-order valence-corrected chi connectivity index (χ3v) is 5.11. The van der Waals surface area contributed by atoms with E-state index >= 15 is 0 Å². The molecule has 0 radical (unpaired) electrons. The summed E-state index contributed by atoms with van der Waals surface area (Å²) >= 11 is 0. The molecule has 27 heavy (non-hydrogen) atoms. The number of hydrogen-bond acceptors (Lipinski definition) is 2. The van der Waals surface area contributed by atoms with Gasteiger partial charge in [0.1, 0.15) is 0 Å². The van der Waals surface area contributed by atoms with Crippen molar-refractivity contribution in [2.75, 3.05) is 0 Å². The molecule has 0 atom stereocenters. The van der Waals surface area contributed by atoms with Crippen molar-refractivity contribution in [3.63, 3.8) is 0 Å². The normalized spacial score (nSPS) is 11.4. The van der Waals surface area contributed by atoms with Crippen LogP contribution in [0.5, 0.6) is 0 Å². The largest absolute Gasteiger partial charge is 0.305 e. The molecule has 132 valence electrons. The lowest BCUT2D eigenvalue weighted by molar-refractivity contribution is 0.825. The molecule has 0 spiro atoms. The number of aryl methyl sites for hydroxylation is 1. The van der Waals surface area contributed by atoms with E-state index in [9.17, 15) is 0 Å². The monoisotopic (exact) mass is 352 g/mol. The Labute approximate surface area is 157 Å². The van der Waals surface area contributed by atoms with E-state index in [2.05, 4.69) is 81.7 Å². The van der Waals surface area contributed by atoms with Crippen LogP contribution in [0, 0.1) is 0 Å². The van der Waals surface area contributed by atoms with Crippen LogP contribution < -0.4 is 0 Å². The van der Waals surface area contributed by atoms with Gasteiger partial charge < -0.3 is 4.57 Å². The van der Waals surface area contributed by atoms with E-state index in [1.54, 1.807) is 0 Å². The Morgan fingerprint density at radius 1 is 0.852 bits per heavy atom. The van der Waals surface area contributed by atoms with Crippen molar-refractivity contribution in [2.24, 2.45) is 0 Å². The molecule has 0 unspecified atom stereocenters. The second kappa shape index (κ2) is 6.40. The fraction of sp³-hybridized carbons (Fsp3) is 0.130. The first kappa shape index (κ1) is 15.8. The van der Waals surface area contributed by atoms with Crippen molar-refractivity contribution >= 4 is 16.8 Å². The maximum Gasteiger partial charge on any atom is 0.215 e. The minimum atomic E-state index is 0.757. The standard InChI is InChI=1S/C23H20N4/c1-2-17-7-9-19(10-8-17)22-16-27-21-6-4-3-5-20(21)25-23(27)26(22)15-18-11-13-24-14-12-18/h3-14,16H,2,15H2,1H3. The molecule has 3 heterocycles. The van der Waals surface area contributed by atoms with E-state index in [0.29, 0.717) is 0 Å². The highest BCUT2D eigenvalue weighted by molar-refractivity contribution is 5.81. The SMILES string of the molecule is CCc1ccc(-c2cn3c4ccccc4nc3n2Cc2ccncc2)cc1. The Bertz CT molecular complexity index is 1210. The molecular weight excluding hydrogens is 332 g/mol. The van der Waals surface area contributed by atoms with Gasteiger partial charge in [0.15, 0.2) is 0 Å². The summed E-state index contributed by atoms with van der Waals surface area (Å²) in [6.07, 6.45) is 6.93. The summed E-state index contributed by atoms with van der Waals surface area (Å²) in [5.74, 6) is 0.961. The van der Waals surface area contributed by atoms with Crippen molar-refractivity contribution in [3.05, 3.63) is 90.4 Å². The molecule has 0 aliphatic carbocycles. The minimum absolute atomic E-state index is 0.757. The summed E-state index contributed by atoms with van der Waals surface area (Å²) in [5, 5.41) is 0. The average molecular weight is 352 g/mol. The quantitative estimate of drug-likeness (QED) is 0.458. The molecule has 5 aromatic rings. The number of hydrogen-bond donors (Lipinski definition) is 0. The van der Waals surface area contributed by atoms with Gasteiger partial charge in [-0.25, -0.2) is 4.98 Å². The minimum Gasteiger partial charge on any atom is -0.305 e. The average Bonchev–Trinajstić information content (AvgIpc) is 3.26. The molecule has 0 aliphatic rings. The second-order valence-corrected chi connectivity index (χ2v) is 6.78. The molecular formula is C23H20N4. The molecule has 0 N–H and O–H groups in total.